The second-order valence-electron chi connectivity index (χ2n) is 6.46. The molecule has 128 valence electrons. The molecule has 0 bridgehead atoms. The molecule has 1 amide bonds. The van der Waals surface area contributed by atoms with Gasteiger partial charge in [-0.15, -0.1) is 0 Å². The van der Waals surface area contributed by atoms with Crippen LogP contribution in [-0.4, -0.2) is 49.8 Å². The number of benzene rings is 1. The third kappa shape index (κ3) is 7.65. The largest absolute Gasteiger partial charge is 0.463 e. The Morgan fingerprint density at radius 2 is 1.78 bits per heavy atom. The molecular formula is C17H26N2O4. The molecule has 1 N–H and O–H groups in total. The average Bonchev–Trinajstić information content (AvgIpc) is 2.43. The number of ether oxygens (including phenoxy) is 2. The van der Waals surface area contributed by atoms with Crippen LogP contribution >= 0.6 is 0 Å². The number of carbonyl (C=O) groups is 2. The zero-order chi connectivity index (χ0) is 17.5. The zero-order valence-corrected chi connectivity index (χ0v) is 14.5. The van der Waals surface area contributed by atoms with Gasteiger partial charge in [0.25, 0.3) is 0 Å². The van der Waals surface area contributed by atoms with Gasteiger partial charge in [0.2, 0.25) is 0 Å². The van der Waals surface area contributed by atoms with Gasteiger partial charge in [-0.3, -0.25) is 0 Å². The average molecular weight is 322 g/mol. The van der Waals surface area contributed by atoms with Gasteiger partial charge in [0.15, 0.2) is 6.04 Å². The van der Waals surface area contributed by atoms with Crippen LogP contribution in [0.4, 0.5) is 4.79 Å². The Kier molecular flexibility index (Phi) is 7.03. The molecule has 1 aromatic rings. The van der Waals surface area contributed by atoms with Crippen molar-refractivity contribution in [2.24, 2.45) is 0 Å². The SMILES string of the molecule is CN(C)CCOC(=O)C(NC(=O)OC(C)(C)C)c1ccccc1. The van der Waals surface area contributed by atoms with Crippen molar-refractivity contribution in [2.75, 3.05) is 27.2 Å². The number of alkyl carbamates (subject to hydrolysis) is 1. The Morgan fingerprint density at radius 1 is 1.17 bits per heavy atom. The highest BCUT2D eigenvalue weighted by molar-refractivity contribution is 5.82. The van der Waals surface area contributed by atoms with E-state index < -0.39 is 23.7 Å². The highest BCUT2D eigenvalue weighted by atomic mass is 16.6. The summed E-state index contributed by atoms with van der Waals surface area (Å²) in [5.74, 6) is -0.510. The summed E-state index contributed by atoms with van der Waals surface area (Å²) in [6, 6.07) is 8.06. The van der Waals surface area contributed by atoms with E-state index in [-0.39, 0.29) is 6.61 Å². The molecule has 1 rings (SSSR count). The van der Waals surface area contributed by atoms with Gasteiger partial charge in [-0.25, -0.2) is 9.59 Å². The molecule has 1 atom stereocenters. The molecule has 0 aliphatic rings. The lowest BCUT2D eigenvalue weighted by Gasteiger charge is -2.23. The third-order valence-corrected chi connectivity index (χ3v) is 2.81. The maximum Gasteiger partial charge on any atom is 0.408 e. The Morgan fingerprint density at radius 3 is 2.30 bits per heavy atom. The van der Waals surface area contributed by atoms with Crippen molar-refractivity contribution in [1.82, 2.24) is 10.2 Å². The van der Waals surface area contributed by atoms with Crippen molar-refractivity contribution in [3.05, 3.63) is 35.9 Å². The van der Waals surface area contributed by atoms with Gasteiger partial charge in [0, 0.05) is 6.54 Å². The molecule has 0 spiro atoms. The van der Waals surface area contributed by atoms with Crippen molar-refractivity contribution in [3.8, 4) is 0 Å². The third-order valence-electron chi connectivity index (χ3n) is 2.81. The normalized spacial score (nSPS) is 12.6. The van der Waals surface area contributed by atoms with E-state index in [4.69, 9.17) is 9.47 Å². The fraction of sp³-hybridized carbons (Fsp3) is 0.529. The van der Waals surface area contributed by atoms with Crippen LogP contribution in [0.2, 0.25) is 0 Å². The molecule has 1 aromatic carbocycles. The molecule has 0 saturated carbocycles. The fourth-order valence-electron chi connectivity index (χ4n) is 1.76. The van der Waals surface area contributed by atoms with Gasteiger partial charge in [0.05, 0.1) is 0 Å². The minimum Gasteiger partial charge on any atom is -0.463 e. The number of nitrogens with one attached hydrogen (secondary N) is 1. The number of rotatable bonds is 6. The van der Waals surface area contributed by atoms with E-state index in [2.05, 4.69) is 5.32 Å². The smallest absolute Gasteiger partial charge is 0.408 e. The Hall–Kier alpha value is -2.08. The summed E-state index contributed by atoms with van der Waals surface area (Å²) < 4.78 is 10.5. The quantitative estimate of drug-likeness (QED) is 0.814. The van der Waals surface area contributed by atoms with Crippen LogP contribution in [0.1, 0.15) is 32.4 Å². The summed E-state index contributed by atoms with van der Waals surface area (Å²) in [5.41, 5.74) is 0.00775. The van der Waals surface area contributed by atoms with Crippen molar-refractivity contribution >= 4 is 12.1 Å². The van der Waals surface area contributed by atoms with E-state index in [1.54, 1.807) is 45.0 Å². The van der Waals surface area contributed by atoms with E-state index in [1.165, 1.54) is 0 Å². The number of carbonyl (C=O) groups excluding carboxylic acids is 2. The number of likely N-dealkylation sites (N-methyl/N-ethyl adjacent to an activating group) is 1. The second kappa shape index (κ2) is 8.53. The van der Waals surface area contributed by atoms with Crippen molar-refractivity contribution in [1.29, 1.82) is 0 Å². The van der Waals surface area contributed by atoms with Crippen LogP contribution < -0.4 is 5.32 Å². The molecule has 0 aromatic heterocycles. The number of nitrogens with zero attached hydrogens (tertiary/aromatic N) is 1. The van der Waals surface area contributed by atoms with Crippen LogP contribution in [0, 0.1) is 0 Å². The topological polar surface area (TPSA) is 67.9 Å². The highest BCUT2D eigenvalue weighted by Crippen LogP contribution is 2.16. The highest BCUT2D eigenvalue weighted by Gasteiger charge is 2.26. The molecule has 6 heteroatoms. The van der Waals surface area contributed by atoms with Crippen molar-refractivity contribution in [3.63, 3.8) is 0 Å². The van der Waals surface area contributed by atoms with E-state index in [0.29, 0.717) is 12.1 Å². The molecule has 0 aliphatic heterocycles. The van der Waals surface area contributed by atoms with Gasteiger partial charge in [-0.2, -0.15) is 0 Å². The number of hydrogen-bond donors (Lipinski definition) is 1. The van der Waals surface area contributed by atoms with Crippen LogP contribution in [-0.2, 0) is 14.3 Å². The Bertz CT molecular complexity index is 509. The van der Waals surface area contributed by atoms with Gasteiger partial charge in [0.1, 0.15) is 12.2 Å². The number of amides is 1. The summed E-state index contributed by atoms with van der Waals surface area (Å²) >= 11 is 0. The van der Waals surface area contributed by atoms with Gasteiger partial charge >= 0.3 is 12.1 Å². The van der Waals surface area contributed by atoms with Crippen LogP contribution in [0.15, 0.2) is 30.3 Å². The summed E-state index contributed by atoms with van der Waals surface area (Å²) in [4.78, 5) is 26.2. The Labute approximate surface area is 137 Å². The molecule has 0 radical (unpaired) electrons. The summed E-state index contributed by atoms with van der Waals surface area (Å²) in [6.07, 6.45) is -0.657. The molecular weight excluding hydrogens is 296 g/mol. The zero-order valence-electron chi connectivity index (χ0n) is 14.5. The van der Waals surface area contributed by atoms with Gasteiger partial charge in [-0.05, 0) is 40.4 Å². The van der Waals surface area contributed by atoms with E-state index in [1.807, 2.05) is 25.1 Å². The maximum atomic E-state index is 12.3. The summed E-state index contributed by atoms with van der Waals surface area (Å²) in [7, 11) is 3.78. The molecule has 0 heterocycles. The van der Waals surface area contributed by atoms with Gasteiger partial charge < -0.3 is 19.7 Å². The van der Waals surface area contributed by atoms with Crippen LogP contribution in [0.5, 0.6) is 0 Å². The molecule has 1 unspecified atom stereocenters. The van der Waals surface area contributed by atoms with Crippen molar-refractivity contribution in [2.45, 2.75) is 32.4 Å². The lowest BCUT2D eigenvalue weighted by atomic mass is 10.1. The summed E-state index contributed by atoms with van der Waals surface area (Å²) in [5, 5.41) is 2.58. The predicted molar refractivity (Wildman–Crippen MR) is 88.1 cm³/mol. The first-order valence-corrected chi connectivity index (χ1v) is 7.55. The Balaban J connectivity index is 2.78. The first-order chi connectivity index (χ1) is 10.7. The monoisotopic (exact) mass is 322 g/mol. The fourth-order valence-corrected chi connectivity index (χ4v) is 1.76. The number of esters is 1. The predicted octanol–water partition coefficient (Wildman–Crippen LogP) is 2.36. The minimum absolute atomic E-state index is 0.255. The molecule has 23 heavy (non-hydrogen) atoms. The lowest BCUT2D eigenvalue weighted by molar-refractivity contribution is -0.146. The van der Waals surface area contributed by atoms with E-state index >= 15 is 0 Å². The second-order valence-corrected chi connectivity index (χ2v) is 6.46. The molecule has 0 saturated heterocycles. The van der Waals surface area contributed by atoms with Crippen molar-refractivity contribution < 1.29 is 19.1 Å². The molecule has 0 fully saturated rings. The standard InChI is InChI=1S/C17H26N2O4/c1-17(2,3)23-16(21)18-14(13-9-7-6-8-10-13)15(20)22-12-11-19(4)5/h6-10,14H,11-12H2,1-5H3,(H,18,21). The lowest BCUT2D eigenvalue weighted by Crippen LogP contribution is -2.39. The van der Waals surface area contributed by atoms with E-state index in [0.717, 1.165) is 0 Å². The molecule has 0 aliphatic carbocycles. The first kappa shape index (κ1) is 19.0. The maximum absolute atomic E-state index is 12.3. The first-order valence-electron chi connectivity index (χ1n) is 7.55. The van der Waals surface area contributed by atoms with Crippen LogP contribution in [0.3, 0.4) is 0 Å². The minimum atomic E-state index is -0.895. The number of hydrogen-bond acceptors (Lipinski definition) is 5. The van der Waals surface area contributed by atoms with Crippen LogP contribution in [0.25, 0.3) is 0 Å². The summed E-state index contributed by atoms with van der Waals surface area (Å²) in [6.45, 7) is 6.16. The molecule has 6 nitrogen and oxygen atoms in total. The van der Waals surface area contributed by atoms with Gasteiger partial charge in [-0.1, -0.05) is 30.3 Å². The van der Waals surface area contributed by atoms with E-state index in [9.17, 15) is 9.59 Å².